The number of carboxylic acids is 1. The third-order valence-corrected chi connectivity index (χ3v) is 5.76. The number of para-hydroxylation sites is 1. The number of carbonyl (C=O) groups is 3. The highest BCUT2D eigenvalue weighted by Crippen LogP contribution is 2.44. The van der Waals surface area contributed by atoms with E-state index < -0.39 is 24.1 Å². The van der Waals surface area contributed by atoms with Crippen LogP contribution in [0.15, 0.2) is 72.8 Å². The van der Waals surface area contributed by atoms with Crippen LogP contribution in [-0.2, 0) is 14.3 Å². The molecular weight excluding hydrogens is 436 g/mol. The molecule has 3 aromatic carbocycles. The molecule has 174 valence electrons. The SMILES string of the molecule is COC(CNC(=O)c1ccccc1NC(=O)OCC1c2ccccc2-c2ccccc21)C(=O)O. The number of carboxylic acid groups (broad SMARTS) is 1. The minimum atomic E-state index is -1.19. The average Bonchev–Trinajstić information content (AvgIpc) is 3.17. The highest BCUT2D eigenvalue weighted by molar-refractivity contribution is 6.02. The molecule has 3 aromatic rings. The molecule has 0 aromatic heterocycles. The van der Waals surface area contributed by atoms with E-state index in [0.717, 1.165) is 22.3 Å². The van der Waals surface area contributed by atoms with Crippen LogP contribution in [0.4, 0.5) is 10.5 Å². The van der Waals surface area contributed by atoms with Gasteiger partial charge < -0.3 is 19.9 Å². The normalized spacial score (nSPS) is 12.9. The van der Waals surface area contributed by atoms with Crippen molar-refractivity contribution in [2.24, 2.45) is 0 Å². The van der Waals surface area contributed by atoms with Crippen molar-refractivity contribution in [3.63, 3.8) is 0 Å². The Labute approximate surface area is 196 Å². The van der Waals surface area contributed by atoms with Crippen LogP contribution in [0.2, 0.25) is 0 Å². The molecule has 0 spiro atoms. The molecule has 1 unspecified atom stereocenters. The van der Waals surface area contributed by atoms with Gasteiger partial charge in [-0.15, -0.1) is 0 Å². The second-order valence-corrected chi connectivity index (χ2v) is 7.77. The van der Waals surface area contributed by atoms with Gasteiger partial charge in [0.15, 0.2) is 6.10 Å². The van der Waals surface area contributed by atoms with E-state index in [1.165, 1.54) is 13.2 Å². The number of fused-ring (bicyclic) bond motifs is 3. The summed E-state index contributed by atoms with van der Waals surface area (Å²) in [6, 6.07) is 22.5. The van der Waals surface area contributed by atoms with Crippen LogP contribution >= 0.6 is 0 Å². The zero-order valence-electron chi connectivity index (χ0n) is 18.5. The van der Waals surface area contributed by atoms with Gasteiger partial charge in [0.25, 0.3) is 5.91 Å². The monoisotopic (exact) mass is 460 g/mol. The van der Waals surface area contributed by atoms with E-state index in [2.05, 4.69) is 22.8 Å². The third kappa shape index (κ3) is 4.77. The molecule has 3 N–H and O–H groups in total. The lowest BCUT2D eigenvalue weighted by Crippen LogP contribution is -2.38. The maximum Gasteiger partial charge on any atom is 0.411 e. The highest BCUT2D eigenvalue weighted by Gasteiger charge is 2.29. The fourth-order valence-electron chi connectivity index (χ4n) is 4.09. The predicted molar refractivity (Wildman–Crippen MR) is 126 cm³/mol. The quantitative estimate of drug-likeness (QED) is 0.470. The van der Waals surface area contributed by atoms with Crippen LogP contribution in [-0.4, -0.2) is 49.4 Å². The molecule has 0 radical (unpaired) electrons. The van der Waals surface area contributed by atoms with Gasteiger partial charge >= 0.3 is 12.1 Å². The fourth-order valence-corrected chi connectivity index (χ4v) is 4.09. The van der Waals surface area contributed by atoms with Crippen LogP contribution in [0.1, 0.15) is 27.4 Å². The summed E-state index contributed by atoms with van der Waals surface area (Å²) in [6.07, 6.45) is -1.87. The first-order chi connectivity index (χ1) is 16.5. The Morgan fingerprint density at radius 3 is 2.12 bits per heavy atom. The molecule has 34 heavy (non-hydrogen) atoms. The van der Waals surface area contributed by atoms with Crippen molar-refractivity contribution < 1.29 is 29.0 Å². The summed E-state index contributed by atoms with van der Waals surface area (Å²) in [5, 5.41) is 14.2. The van der Waals surface area contributed by atoms with Gasteiger partial charge in [-0.2, -0.15) is 0 Å². The van der Waals surface area contributed by atoms with Crippen LogP contribution in [0.5, 0.6) is 0 Å². The Hall–Kier alpha value is -4.17. The number of ether oxygens (including phenoxy) is 2. The van der Waals surface area contributed by atoms with Crippen LogP contribution in [0, 0.1) is 0 Å². The van der Waals surface area contributed by atoms with Gasteiger partial charge in [0.05, 0.1) is 17.8 Å². The van der Waals surface area contributed by atoms with Crippen molar-refractivity contribution in [2.75, 3.05) is 25.6 Å². The summed E-state index contributed by atoms with van der Waals surface area (Å²) in [4.78, 5) is 36.3. The minimum absolute atomic E-state index is 0.0845. The lowest BCUT2D eigenvalue weighted by molar-refractivity contribution is -0.148. The summed E-state index contributed by atoms with van der Waals surface area (Å²) < 4.78 is 10.4. The molecule has 4 rings (SSSR count). The Balaban J connectivity index is 1.42. The molecule has 1 atom stereocenters. The van der Waals surface area contributed by atoms with Gasteiger partial charge in [0.2, 0.25) is 0 Å². The van der Waals surface area contributed by atoms with Gasteiger partial charge in [0, 0.05) is 13.0 Å². The first-order valence-corrected chi connectivity index (χ1v) is 10.7. The molecular formula is C26H24N2O6. The topological polar surface area (TPSA) is 114 Å². The van der Waals surface area contributed by atoms with E-state index in [4.69, 9.17) is 14.6 Å². The number of amides is 2. The number of anilines is 1. The molecule has 0 saturated carbocycles. The number of aliphatic carboxylic acids is 1. The number of methoxy groups -OCH3 is 1. The summed E-state index contributed by atoms with van der Waals surface area (Å²) in [5.41, 5.74) is 4.89. The number of hydrogen-bond donors (Lipinski definition) is 3. The molecule has 8 heteroatoms. The van der Waals surface area contributed by atoms with Gasteiger partial charge in [0.1, 0.15) is 6.61 Å². The van der Waals surface area contributed by atoms with E-state index in [1.54, 1.807) is 18.2 Å². The largest absolute Gasteiger partial charge is 0.479 e. The maximum absolute atomic E-state index is 12.6. The minimum Gasteiger partial charge on any atom is -0.479 e. The molecule has 0 saturated heterocycles. The summed E-state index contributed by atoms with van der Waals surface area (Å²) >= 11 is 0. The molecule has 0 heterocycles. The number of hydrogen-bond acceptors (Lipinski definition) is 5. The molecule has 0 fully saturated rings. The second kappa shape index (κ2) is 10.2. The Kier molecular flexibility index (Phi) is 6.89. The number of nitrogens with one attached hydrogen (secondary N) is 2. The van der Waals surface area contributed by atoms with E-state index in [0.29, 0.717) is 0 Å². The summed E-state index contributed by atoms with van der Waals surface area (Å²) in [6.45, 7) is -0.0771. The summed E-state index contributed by atoms with van der Waals surface area (Å²) in [7, 11) is 1.25. The van der Waals surface area contributed by atoms with Crippen molar-refractivity contribution >= 4 is 23.7 Å². The molecule has 8 nitrogen and oxygen atoms in total. The third-order valence-electron chi connectivity index (χ3n) is 5.76. The molecule has 0 bridgehead atoms. The molecule has 1 aliphatic carbocycles. The van der Waals surface area contributed by atoms with E-state index in [9.17, 15) is 14.4 Å². The smallest absolute Gasteiger partial charge is 0.411 e. The van der Waals surface area contributed by atoms with Crippen LogP contribution in [0.3, 0.4) is 0 Å². The number of benzene rings is 3. The van der Waals surface area contributed by atoms with Gasteiger partial charge in [-0.3, -0.25) is 10.1 Å². The maximum atomic E-state index is 12.6. The van der Waals surface area contributed by atoms with Crippen molar-refractivity contribution in [3.05, 3.63) is 89.5 Å². The van der Waals surface area contributed by atoms with Crippen molar-refractivity contribution in [3.8, 4) is 11.1 Å². The van der Waals surface area contributed by atoms with Crippen molar-refractivity contribution in [2.45, 2.75) is 12.0 Å². The predicted octanol–water partition coefficient (Wildman–Crippen LogP) is 3.88. The van der Waals surface area contributed by atoms with Crippen molar-refractivity contribution in [1.82, 2.24) is 5.32 Å². The summed E-state index contributed by atoms with van der Waals surface area (Å²) in [5.74, 6) is -1.82. The highest BCUT2D eigenvalue weighted by atomic mass is 16.5. The zero-order valence-corrected chi connectivity index (χ0v) is 18.5. The second-order valence-electron chi connectivity index (χ2n) is 7.77. The molecule has 2 amide bonds. The van der Waals surface area contributed by atoms with E-state index in [-0.39, 0.29) is 30.3 Å². The first-order valence-electron chi connectivity index (χ1n) is 10.7. The average molecular weight is 460 g/mol. The van der Waals surface area contributed by atoms with Crippen LogP contribution in [0.25, 0.3) is 11.1 Å². The van der Waals surface area contributed by atoms with Gasteiger partial charge in [-0.05, 0) is 34.4 Å². The van der Waals surface area contributed by atoms with Gasteiger partial charge in [-0.25, -0.2) is 9.59 Å². The number of carbonyl (C=O) groups excluding carboxylic acids is 2. The molecule has 1 aliphatic rings. The van der Waals surface area contributed by atoms with E-state index >= 15 is 0 Å². The fraction of sp³-hybridized carbons (Fsp3) is 0.192. The first kappa shape index (κ1) is 23.0. The lowest BCUT2D eigenvalue weighted by Gasteiger charge is -2.16. The van der Waals surface area contributed by atoms with Crippen LogP contribution < -0.4 is 10.6 Å². The Morgan fingerprint density at radius 1 is 0.912 bits per heavy atom. The zero-order chi connectivity index (χ0) is 24.1. The standard InChI is InChI=1S/C26H24N2O6/c1-33-23(25(30)31)14-27-24(29)20-12-6-7-13-22(20)28-26(32)34-15-21-18-10-4-2-8-16(18)17-9-3-5-11-19(17)21/h2-13,21,23H,14-15H2,1H3,(H,27,29)(H,28,32)(H,30,31). The van der Waals surface area contributed by atoms with Crippen molar-refractivity contribution in [1.29, 1.82) is 0 Å². The van der Waals surface area contributed by atoms with E-state index in [1.807, 2.05) is 36.4 Å². The molecule has 0 aliphatic heterocycles. The lowest BCUT2D eigenvalue weighted by atomic mass is 9.98. The number of rotatable bonds is 8. The Bertz CT molecular complexity index is 1180. The van der Waals surface area contributed by atoms with Gasteiger partial charge in [-0.1, -0.05) is 60.7 Å². The Morgan fingerprint density at radius 2 is 1.50 bits per heavy atom.